The van der Waals surface area contributed by atoms with E-state index in [2.05, 4.69) is 14.9 Å². The predicted octanol–water partition coefficient (Wildman–Crippen LogP) is 1.55. The van der Waals surface area contributed by atoms with Gasteiger partial charge in [-0.15, -0.1) is 0 Å². The largest absolute Gasteiger partial charge is 0.456 e. The van der Waals surface area contributed by atoms with E-state index >= 15 is 0 Å². The number of alkyl carbamates (subject to hydrolysis) is 1. The molecule has 0 atom stereocenters. The molecule has 2 heterocycles. The maximum Gasteiger partial charge on any atom is 0.413 e. The van der Waals surface area contributed by atoms with Gasteiger partial charge in [0, 0.05) is 17.4 Å². The molecule has 2 rings (SSSR count). The topological polar surface area (TPSA) is 121 Å². The Labute approximate surface area is 140 Å². The molecule has 0 aliphatic carbocycles. The molecule has 9 nitrogen and oxygen atoms in total. The van der Waals surface area contributed by atoms with Crippen molar-refractivity contribution in [3.05, 3.63) is 22.7 Å². The Kier molecular flexibility index (Phi) is 6.43. The number of nitrogens with zero attached hydrogens (tertiary/aromatic N) is 2. The van der Waals surface area contributed by atoms with Crippen molar-refractivity contribution in [3.63, 3.8) is 0 Å². The zero-order valence-electron chi connectivity index (χ0n) is 12.8. The molecule has 0 aliphatic rings. The fraction of sp³-hybridized carbons (Fsp3) is 0.357. The minimum Gasteiger partial charge on any atom is -0.456 e. The number of hydrogen-bond donors (Lipinski definition) is 1. The molecule has 0 saturated carbocycles. The van der Waals surface area contributed by atoms with Crippen molar-refractivity contribution in [1.82, 2.24) is 15.5 Å². The first-order chi connectivity index (χ1) is 11.6. The first kappa shape index (κ1) is 17.6. The van der Waals surface area contributed by atoms with Crippen molar-refractivity contribution in [1.29, 1.82) is 0 Å². The third-order valence-corrected chi connectivity index (χ3v) is 3.35. The van der Waals surface area contributed by atoms with Crippen LogP contribution in [0.5, 0.6) is 0 Å². The molecular formula is C14H15N3O6S. The van der Waals surface area contributed by atoms with Gasteiger partial charge in [0.1, 0.15) is 0 Å². The molecule has 2 aromatic heterocycles. The highest BCUT2D eigenvalue weighted by Gasteiger charge is 2.14. The SMILES string of the molecule is CCOC(=O)NC(=O)COC(=O)CCc1nc(-c2ccsc2)no1. The van der Waals surface area contributed by atoms with E-state index in [0.717, 1.165) is 5.56 Å². The summed E-state index contributed by atoms with van der Waals surface area (Å²) < 4.78 is 14.3. The van der Waals surface area contributed by atoms with Crippen LogP contribution >= 0.6 is 11.3 Å². The number of carbonyl (C=O) groups excluding carboxylic acids is 3. The van der Waals surface area contributed by atoms with Crippen molar-refractivity contribution in [2.75, 3.05) is 13.2 Å². The van der Waals surface area contributed by atoms with E-state index < -0.39 is 24.6 Å². The van der Waals surface area contributed by atoms with E-state index in [1.54, 1.807) is 6.92 Å². The minimum absolute atomic E-state index is 0.0298. The fourth-order valence-corrected chi connectivity index (χ4v) is 2.24. The van der Waals surface area contributed by atoms with Gasteiger partial charge in [0.2, 0.25) is 11.7 Å². The van der Waals surface area contributed by atoms with Gasteiger partial charge in [0.25, 0.3) is 5.91 Å². The molecule has 2 amide bonds. The quantitative estimate of drug-likeness (QED) is 0.744. The lowest BCUT2D eigenvalue weighted by molar-refractivity contribution is -0.148. The molecule has 2 aromatic rings. The Morgan fingerprint density at radius 1 is 1.33 bits per heavy atom. The van der Waals surface area contributed by atoms with Crippen molar-refractivity contribution < 1.29 is 28.4 Å². The lowest BCUT2D eigenvalue weighted by Gasteiger charge is -2.05. The number of aryl methyl sites for hydroxylation is 1. The number of imide groups is 1. The molecule has 0 bridgehead atoms. The summed E-state index contributed by atoms with van der Waals surface area (Å²) in [6.45, 7) is 1.17. The number of ether oxygens (including phenoxy) is 2. The molecule has 10 heteroatoms. The molecule has 1 N–H and O–H groups in total. The van der Waals surface area contributed by atoms with Gasteiger partial charge in [-0.25, -0.2) is 4.79 Å². The number of hydrogen-bond acceptors (Lipinski definition) is 9. The Hall–Kier alpha value is -2.75. The normalized spacial score (nSPS) is 10.2. The molecule has 0 spiro atoms. The van der Waals surface area contributed by atoms with Crippen LogP contribution < -0.4 is 5.32 Å². The molecule has 0 aromatic carbocycles. The Morgan fingerprint density at radius 3 is 2.88 bits per heavy atom. The summed E-state index contributed by atoms with van der Waals surface area (Å²) in [6, 6.07) is 1.86. The summed E-state index contributed by atoms with van der Waals surface area (Å²) in [7, 11) is 0. The molecule has 24 heavy (non-hydrogen) atoms. The average Bonchev–Trinajstić information content (AvgIpc) is 3.22. The van der Waals surface area contributed by atoms with Crippen LogP contribution in [0.1, 0.15) is 19.2 Å². The molecule has 0 saturated heterocycles. The van der Waals surface area contributed by atoms with Gasteiger partial charge < -0.3 is 14.0 Å². The van der Waals surface area contributed by atoms with Gasteiger partial charge in [-0.2, -0.15) is 16.3 Å². The van der Waals surface area contributed by atoms with E-state index in [4.69, 9.17) is 9.26 Å². The molecule has 128 valence electrons. The molecule has 0 aliphatic heterocycles. The maximum atomic E-state index is 11.6. The number of thiophene rings is 1. The van der Waals surface area contributed by atoms with Crippen LogP contribution in [0, 0.1) is 0 Å². The Bertz CT molecular complexity index is 697. The summed E-state index contributed by atoms with van der Waals surface area (Å²) in [5.41, 5.74) is 0.841. The summed E-state index contributed by atoms with van der Waals surface area (Å²) in [5, 5.41) is 9.50. The van der Waals surface area contributed by atoms with Crippen LogP contribution in [-0.4, -0.2) is 41.3 Å². The number of carbonyl (C=O) groups is 3. The summed E-state index contributed by atoms with van der Waals surface area (Å²) >= 11 is 1.51. The van der Waals surface area contributed by atoms with Crippen LogP contribution in [0.3, 0.4) is 0 Å². The minimum atomic E-state index is -0.884. The third-order valence-electron chi connectivity index (χ3n) is 2.67. The summed E-state index contributed by atoms with van der Waals surface area (Å²) in [6.07, 6.45) is -0.724. The summed E-state index contributed by atoms with van der Waals surface area (Å²) in [4.78, 5) is 38.0. The van der Waals surface area contributed by atoms with Gasteiger partial charge in [-0.1, -0.05) is 5.16 Å². The number of nitrogens with one attached hydrogen (secondary N) is 1. The Balaban J connectivity index is 1.70. The van der Waals surface area contributed by atoms with Crippen molar-refractivity contribution >= 4 is 29.3 Å². The van der Waals surface area contributed by atoms with E-state index in [1.807, 2.05) is 22.1 Å². The van der Waals surface area contributed by atoms with E-state index in [9.17, 15) is 14.4 Å². The monoisotopic (exact) mass is 353 g/mol. The van der Waals surface area contributed by atoms with Crippen molar-refractivity contribution in [3.8, 4) is 11.4 Å². The zero-order chi connectivity index (χ0) is 17.4. The van der Waals surface area contributed by atoms with E-state index in [0.29, 0.717) is 11.7 Å². The third kappa shape index (κ3) is 5.47. The standard InChI is InChI=1S/C14H15N3O6S/c1-2-21-14(20)15-10(18)7-22-12(19)4-3-11-16-13(17-23-11)9-5-6-24-8-9/h5-6,8H,2-4,7H2,1H3,(H,15,18,20). The van der Waals surface area contributed by atoms with Crippen LogP contribution in [0.2, 0.25) is 0 Å². The van der Waals surface area contributed by atoms with E-state index in [-0.39, 0.29) is 19.4 Å². The zero-order valence-corrected chi connectivity index (χ0v) is 13.6. The van der Waals surface area contributed by atoms with Crippen LogP contribution in [0.4, 0.5) is 4.79 Å². The number of rotatable bonds is 7. The number of esters is 1. The van der Waals surface area contributed by atoms with Gasteiger partial charge in [-0.05, 0) is 18.4 Å². The van der Waals surface area contributed by atoms with Gasteiger partial charge in [0.05, 0.1) is 13.0 Å². The lowest BCUT2D eigenvalue weighted by atomic mass is 10.3. The van der Waals surface area contributed by atoms with Gasteiger partial charge in [0.15, 0.2) is 6.61 Å². The maximum absolute atomic E-state index is 11.6. The van der Waals surface area contributed by atoms with Crippen LogP contribution in [0.15, 0.2) is 21.3 Å². The second-order valence-corrected chi connectivity index (χ2v) is 5.23. The average molecular weight is 353 g/mol. The second-order valence-electron chi connectivity index (χ2n) is 4.45. The highest BCUT2D eigenvalue weighted by molar-refractivity contribution is 7.08. The predicted molar refractivity (Wildman–Crippen MR) is 82.1 cm³/mol. The number of amides is 2. The molecular weight excluding hydrogens is 338 g/mol. The van der Waals surface area contributed by atoms with Crippen molar-refractivity contribution in [2.45, 2.75) is 19.8 Å². The molecule has 0 radical (unpaired) electrons. The van der Waals surface area contributed by atoms with Crippen LogP contribution in [0.25, 0.3) is 11.4 Å². The van der Waals surface area contributed by atoms with Crippen LogP contribution in [-0.2, 0) is 25.5 Å². The highest BCUT2D eigenvalue weighted by Crippen LogP contribution is 2.18. The fourth-order valence-electron chi connectivity index (χ4n) is 1.61. The smallest absolute Gasteiger partial charge is 0.413 e. The molecule has 0 unspecified atom stereocenters. The van der Waals surface area contributed by atoms with Crippen molar-refractivity contribution in [2.24, 2.45) is 0 Å². The first-order valence-electron chi connectivity index (χ1n) is 7.06. The lowest BCUT2D eigenvalue weighted by Crippen LogP contribution is -2.34. The van der Waals surface area contributed by atoms with Gasteiger partial charge in [-0.3, -0.25) is 14.9 Å². The highest BCUT2D eigenvalue weighted by atomic mass is 32.1. The Morgan fingerprint density at radius 2 is 2.17 bits per heavy atom. The van der Waals surface area contributed by atoms with E-state index in [1.165, 1.54) is 11.3 Å². The number of aromatic nitrogens is 2. The first-order valence-corrected chi connectivity index (χ1v) is 8.00. The van der Waals surface area contributed by atoms with Gasteiger partial charge >= 0.3 is 12.1 Å². The molecule has 0 fully saturated rings. The second kappa shape index (κ2) is 8.77. The summed E-state index contributed by atoms with van der Waals surface area (Å²) in [5.74, 6) is -0.638.